The van der Waals surface area contributed by atoms with Crippen LogP contribution in [0, 0.1) is 0 Å². The van der Waals surface area contributed by atoms with Crippen molar-refractivity contribution < 1.29 is 17.9 Å². The monoisotopic (exact) mass is 302 g/mol. The second-order valence-electron chi connectivity index (χ2n) is 3.95. The first-order valence-electron chi connectivity index (χ1n) is 5.60. The zero-order chi connectivity index (χ0) is 14.8. The molecule has 0 spiro atoms. The molecule has 0 unspecified atom stereocenters. The SMILES string of the molecule is NCc1ccc(Oc2ccc(C(F)(F)F)cn2)c(Cl)c1. The third-order valence-corrected chi connectivity index (χ3v) is 2.81. The zero-order valence-electron chi connectivity index (χ0n) is 10.1. The third-order valence-electron chi connectivity index (χ3n) is 2.51. The van der Waals surface area contributed by atoms with Crippen LogP contribution in [0.2, 0.25) is 5.02 Å². The molecule has 0 fully saturated rings. The average molecular weight is 303 g/mol. The Morgan fingerprint density at radius 2 is 1.95 bits per heavy atom. The normalized spacial score (nSPS) is 11.4. The Hall–Kier alpha value is -1.79. The Morgan fingerprint density at radius 3 is 2.45 bits per heavy atom. The molecular weight excluding hydrogens is 293 g/mol. The molecule has 2 aromatic rings. The second kappa shape index (κ2) is 5.68. The molecule has 0 radical (unpaired) electrons. The number of pyridine rings is 1. The average Bonchev–Trinajstić information content (AvgIpc) is 2.40. The van der Waals surface area contributed by atoms with E-state index in [1.807, 2.05) is 0 Å². The highest BCUT2D eigenvalue weighted by molar-refractivity contribution is 6.32. The Bertz CT molecular complexity index is 600. The second-order valence-corrected chi connectivity index (χ2v) is 4.36. The van der Waals surface area contributed by atoms with Gasteiger partial charge in [-0.1, -0.05) is 17.7 Å². The third kappa shape index (κ3) is 3.40. The summed E-state index contributed by atoms with van der Waals surface area (Å²) in [6.07, 6.45) is -3.72. The maximum Gasteiger partial charge on any atom is 0.417 e. The van der Waals surface area contributed by atoms with Crippen molar-refractivity contribution >= 4 is 11.6 Å². The fourth-order valence-corrected chi connectivity index (χ4v) is 1.72. The van der Waals surface area contributed by atoms with Gasteiger partial charge in [-0.2, -0.15) is 13.2 Å². The Balaban J connectivity index is 2.18. The van der Waals surface area contributed by atoms with Crippen molar-refractivity contribution in [2.75, 3.05) is 0 Å². The number of benzene rings is 1. The predicted molar refractivity (Wildman–Crippen MR) is 68.7 cm³/mol. The summed E-state index contributed by atoms with van der Waals surface area (Å²) in [5.41, 5.74) is 5.44. The van der Waals surface area contributed by atoms with Crippen molar-refractivity contribution in [3.63, 3.8) is 0 Å². The lowest BCUT2D eigenvalue weighted by Crippen LogP contribution is -2.05. The van der Waals surface area contributed by atoms with E-state index in [0.29, 0.717) is 23.5 Å². The molecule has 3 nitrogen and oxygen atoms in total. The summed E-state index contributed by atoms with van der Waals surface area (Å²) >= 11 is 5.97. The molecule has 0 saturated carbocycles. The van der Waals surface area contributed by atoms with Gasteiger partial charge in [0, 0.05) is 18.8 Å². The van der Waals surface area contributed by atoms with E-state index in [9.17, 15) is 13.2 Å². The van der Waals surface area contributed by atoms with Crippen LogP contribution in [-0.4, -0.2) is 4.98 Å². The number of aromatic nitrogens is 1. The van der Waals surface area contributed by atoms with Gasteiger partial charge in [-0.3, -0.25) is 0 Å². The van der Waals surface area contributed by atoms with Crippen LogP contribution in [0.5, 0.6) is 11.6 Å². The van der Waals surface area contributed by atoms with Crippen LogP contribution in [-0.2, 0) is 12.7 Å². The summed E-state index contributed by atoms with van der Waals surface area (Å²) in [6, 6.07) is 6.95. The number of nitrogens with zero attached hydrogens (tertiary/aromatic N) is 1. The van der Waals surface area contributed by atoms with Gasteiger partial charge in [0.05, 0.1) is 10.6 Å². The lowest BCUT2D eigenvalue weighted by molar-refractivity contribution is -0.137. The molecule has 0 saturated heterocycles. The number of halogens is 4. The van der Waals surface area contributed by atoms with Crippen LogP contribution < -0.4 is 10.5 Å². The van der Waals surface area contributed by atoms with Crippen molar-refractivity contribution in [3.8, 4) is 11.6 Å². The first kappa shape index (κ1) is 14.6. The maximum absolute atomic E-state index is 12.4. The minimum atomic E-state index is -4.42. The first-order valence-corrected chi connectivity index (χ1v) is 5.97. The van der Waals surface area contributed by atoms with Gasteiger partial charge in [-0.05, 0) is 23.8 Å². The molecule has 0 aliphatic carbocycles. The number of hydrogen-bond donors (Lipinski definition) is 1. The summed E-state index contributed by atoms with van der Waals surface area (Å²) in [4.78, 5) is 3.60. The highest BCUT2D eigenvalue weighted by Crippen LogP contribution is 2.32. The van der Waals surface area contributed by atoms with Crippen LogP contribution in [0.1, 0.15) is 11.1 Å². The van der Waals surface area contributed by atoms with E-state index in [0.717, 1.165) is 17.7 Å². The molecule has 1 aromatic heterocycles. The Morgan fingerprint density at radius 1 is 1.20 bits per heavy atom. The molecule has 2 N–H and O–H groups in total. The minimum absolute atomic E-state index is 0.0281. The van der Waals surface area contributed by atoms with Gasteiger partial charge >= 0.3 is 6.18 Å². The van der Waals surface area contributed by atoms with Crippen LogP contribution in [0.15, 0.2) is 36.5 Å². The van der Waals surface area contributed by atoms with E-state index in [2.05, 4.69) is 4.98 Å². The molecule has 0 atom stereocenters. The van der Waals surface area contributed by atoms with Crippen LogP contribution in [0.25, 0.3) is 0 Å². The summed E-state index contributed by atoms with van der Waals surface area (Å²) in [6.45, 7) is 0.332. The molecule has 2 rings (SSSR count). The van der Waals surface area contributed by atoms with Gasteiger partial charge in [-0.25, -0.2) is 4.98 Å². The standard InChI is InChI=1S/C13H10ClF3N2O/c14-10-5-8(6-18)1-3-11(10)20-12-4-2-9(7-19-12)13(15,16)17/h1-5,7H,6,18H2. The van der Waals surface area contributed by atoms with Crippen LogP contribution >= 0.6 is 11.6 Å². The van der Waals surface area contributed by atoms with Crippen LogP contribution in [0.3, 0.4) is 0 Å². The molecule has 1 aromatic carbocycles. The van der Waals surface area contributed by atoms with E-state index in [-0.39, 0.29) is 5.88 Å². The number of ether oxygens (including phenoxy) is 1. The Kier molecular flexibility index (Phi) is 4.15. The van der Waals surface area contributed by atoms with E-state index >= 15 is 0 Å². The molecule has 0 bridgehead atoms. The summed E-state index contributed by atoms with van der Waals surface area (Å²) in [7, 11) is 0. The maximum atomic E-state index is 12.4. The van der Waals surface area contributed by atoms with Gasteiger partial charge in [0.25, 0.3) is 0 Å². The smallest absolute Gasteiger partial charge is 0.417 e. The van der Waals surface area contributed by atoms with Crippen molar-refractivity contribution in [2.24, 2.45) is 5.73 Å². The molecule has 20 heavy (non-hydrogen) atoms. The first-order chi connectivity index (χ1) is 9.40. The fraction of sp³-hybridized carbons (Fsp3) is 0.154. The zero-order valence-corrected chi connectivity index (χ0v) is 10.9. The van der Waals surface area contributed by atoms with E-state index in [1.165, 1.54) is 0 Å². The highest BCUT2D eigenvalue weighted by atomic mass is 35.5. The molecule has 106 valence electrons. The molecule has 7 heteroatoms. The van der Waals surface area contributed by atoms with Gasteiger partial charge in [0.1, 0.15) is 5.75 Å². The van der Waals surface area contributed by atoms with Crippen LogP contribution in [0.4, 0.5) is 13.2 Å². The minimum Gasteiger partial charge on any atom is -0.437 e. The Labute approximate surface area is 118 Å². The number of nitrogens with two attached hydrogens (primary N) is 1. The summed E-state index contributed by atoms with van der Waals surface area (Å²) < 4.78 is 42.5. The van der Waals surface area contributed by atoms with Gasteiger partial charge in [-0.15, -0.1) is 0 Å². The topological polar surface area (TPSA) is 48.1 Å². The van der Waals surface area contributed by atoms with E-state index < -0.39 is 11.7 Å². The van der Waals surface area contributed by atoms with Gasteiger partial charge < -0.3 is 10.5 Å². The largest absolute Gasteiger partial charge is 0.437 e. The molecule has 1 heterocycles. The summed E-state index contributed by atoms with van der Waals surface area (Å²) in [5.74, 6) is 0.330. The van der Waals surface area contributed by atoms with Crippen molar-refractivity contribution in [3.05, 3.63) is 52.7 Å². The summed E-state index contributed by atoms with van der Waals surface area (Å²) in [5, 5.41) is 0.314. The van der Waals surface area contributed by atoms with Crippen molar-refractivity contribution in [2.45, 2.75) is 12.7 Å². The van der Waals surface area contributed by atoms with E-state index in [4.69, 9.17) is 22.1 Å². The lowest BCUT2D eigenvalue weighted by atomic mass is 10.2. The molecule has 0 aliphatic heterocycles. The number of rotatable bonds is 3. The number of hydrogen-bond acceptors (Lipinski definition) is 3. The van der Waals surface area contributed by atoms with Crippen molar-refractivity contribution in [1.29, 1.82) is 0 Å². The van der Waals surface area contributed by atoms with E-state index in [1.54, 1.807) is 18.2 Å². The fourth-order valence-electron chi connectivity index (χ4n) is 1.48. The van der Waals surface area contributed by atoms with Gasteiger partial charge in [0.15, 0.2) is 0 Å². The van der Waals surface area contributed by atoms with Crippen molar-refractivity contribution in [1.82, 2.24) is 4.98 Å². The molecule has 0 amide bonds. The highest BCUT2D eigenvalue weighted by Gasteiger charge is 2.30. The predicted octanol–water partition coefficient (Wildman–Crippen LogP) is 4.00. The quantitative estimate of drug-likeness (QED) is 0.932. The molecule has 0 aliphatic rings. The lowest BCUT2D eigenvalue weighted by Gasteiger charge is -2.09. The number of alkyl halides is 3. The molecular formula is C13H10ClF3N2O. The van der Waals surface area contributed by atoms with Gasteiger partial charge in [0.2, 0.25) is 5.88 Å².